The average molecular weight is 1480 g/mol. The fourth-order valence-electron chi connectivity index (χ4n) is 16.1. The van der Waals surface area contributed by atoms with Gasteiger partial charge in [-0.05, 0) is 175 Å². The second-order valence-electron chi connectivity index (χ2n) is 29.8. The van der Waals surface area contributed by atoms with E-state index in [2.05, 4.69) is 202 Å². The number of aryl methyl sites for hydroxylation is 8. The summed E-state index contributed by atoms with van der Waals surface area (Å²) in [5, 5.41) is 20.5. The van der Waals surface area contributed by atoms with Gasteiger partial charge in [0.1, 0.15) is 22.7 Å². The van der Waals surface area contributed by atoms with Gasteiger partial charge >= 0.3 is 0 Å². The molecule has 0 spiro atoms. The Kier molecular flexibility index (Phi) is 28.7. The van der Waals surface area contributed by atoms with E-state index in [1.165, 1.54) is 163 Å². The first-order valence-corrected chi connectivity index (χ1v) is 43.1. The van der Waals surface area contributed by atoms with Crippen LogP contribution in [-0.4, -0.2) is 46.4 Å². The van der Waals surface area contributed by atoms with Crippen LogP contribution in [0.4, 0.5) is 17.1 Å². The van der Waals surface area contributed by atoms with E-state index in [1.807, 2.05) is 21.9 Å². The van der Waals surface area contributed by atoms with Gasteiger partial charge in [-0.2, -0.15) is 10.5 Å². The van der Waals surface area contributed by atoms with Crippen molar-refractivity contribution in [1.29, 1.82) is 10.5 Å². The van der Waals surface area contributed by atoms with Crippen LogP contribution in [0, 0.1) is 64.2 Å². The topological polar surface area (TPSA) is 104 Å². The quantitative estimate of drug-likeness (QED) is 0.0215. The molecule has 2 amide bonds. The smallest absolute Gasteiger partial charge is 0.261 e. The molecule has 13 heteroatoms. The summed E-state index contributed by atoms with van der Waals surface area (Å²) in [6.45, 7) is 23.2. The normalized spacial score (nSPS) is 12.8. The van der Waals surface area contributed by atoms with E-state index in [9.17, 15) is 10.5 Å². The van der Waals surface area contributed by atoms with Crippen molar-refractivity contribution in [3.8, 4) is 42.2 Å². The minimum atomic E-state index is -0.162. The molecule has 0 N–H and O–H groups in total. The maximum Gasteiger partial charge on any atom is 0.261 e. The minimum Gasteiger partial charge on any atom is -0.311 e. The number of rotatable bonds is 40. The number of benzene rings is 5. The molecule has 4 aromatic heterocycles. The summed E-state index contributed by atoms with van der Waals surface area (Å²) in [4.78, 5) is 50.1. The van der Waals surface area contributed by atoms with Gasteiger partial charge in [0, 0.05) is 55.9 Å². The van der Waals surface area contributed by atoms with E-state index < -0.39 is 0 Å². The number of allylic oxidation sites excluding steroid dienone is 1. The van der Waals surface area contributed by atoms with Crippen LogP contribution >= 0.6 is 45.3 Å². The number of carbonyl (C=O) groups is 2. The van der Waals surface area contributed by atoms with E-state index in [0.29, 0.717) is 24.2 Å². The van der Waals surface area contributed by atoms with Crippen LogP contribution in [-0.2, 0) is 22.4 Å². The van der Waals surface area contributed by atoms with Crippen molar-refractivity contribution in [2.24, 2.45) is 0 Å². The number of hydrogen-bond acceptors (Lipinski definition) is 10. The van der Waals surface area contributed by atoms with Gasteiger partial charge < -0.3 is 14.7 Å². The van der Waals surface area contributed by atoms with Gasteiger partial charge in [-0.1, -0.05) is 261 Å². The SMILES string of the molecule is CCCCCCCCc1ccc(N(c2ccc(CCCCCCCC)cc2)c2ccc(-c3ccc(C4=C5C(=O)N(CCCCCCCC)C(c6ccc(-c7cc(B(c8c(C)cc(C)cc8C)c8c(C)cc(C)cc8C)c(-c8ncc(C=C(C#N)C#N)s8)s7)s6)=C5C(=O)N4CCCCCCCC)s3)cc2)cc1. The standard InChI is InChI=1S/C93H109BN6O2S4/c1-11-15-19-23-27-31-35-70-37-43-74(44-38-70)100(75-45-39-71(40-46-75)36-32-28-24-20-16-12-2)76-47-41-73(42-48-76)79-49-51-81(104-79)88-84-85(93(102)98(88)53-33-29-25-21-17-13-3)89(99(92(84)101)54-34-30-26-22-18-14-4)82-52-50-80(105-82)83-60-78(90(106-83)91-97-63-77(103-91)59-72(61-95)62-96)94(86-66(7)55-64(5)56-67(86)8)87-68(9)57-65(6)58-69(87)10/h37-52,55-60,63H,11-36,53-54H2,1-10H3. The summed E-state index contributed by atoms with van der Waals surface area (Å²) < 4.78 is 0. The highest BCUT2D eigenvalue weighted by molar-refractivity contribution is 7.28. The third-order valence-electron chi connectivity index (χ3n) is 21.4. The molecule has 0 unspecified atom stereocenters. The third-order valence-corrected chi connectivity index (χ3v) is 26.1. The number of thiophene rings is 3. The lowest BCUT2D eigenvalue weighted by Crippen LogP contribution is -2.56. The Hall–Kier alpha value is -8.17. The number of aromatic nitrogens is 1. The minimum absolute atomic E-state index is 0.0285. The second kappa shape index (κ2) is 38.6. The molecule has 0 saturated carbocycles. The zero-order valence-corrected chi connectivity index (χ0v) is 68.1. The van der Waals surface area contributed by atoms with Crippen LogP contribution in [0.2, 0.25) is 0 Å². The molecule has 0 atom stereocenters. The largest absolute Gasteiger partial charge is 0.311 e. The molecule has 8 nitrogen and oxygen atoms in total. The Bertz CT molecular complexity index is 4480. The summed E-state index contributed by atoms with van der Waals surface area (Å²) >= 11 is 6.52. The third kappa shape index (κ3) is 19.0. The van der Waals surface area contributed by atoms with Gasteiger partial charge in [-0.25, -0.2) is 4.98 Å². The molecule has 550 valence electrons. The fourth-order valence-corrected chi connectivity index (χ4v) is 20.4. The Morgan fingerprint density at radius 3 is 1.26 bits per heavy atom. The monoisotopic (exact) mass is 1480 g/mol. The van der Waals surface area contributed by atoms with Crippen molar-refractivity contribution in [1.82, 2.24) is 14.8 Å². The van der Waals surface area contributed by atoms with E-state index >= 15 is 9.59 Å². The molecule has 0 bridgehead atoms. The van der Waals surface area contributed by atoms with Crippen molar-refractivity contribution in [2.45, 2.75) is 236 Å². The Morgan fingerprint density at radius 1 is 0.443 bits per heavy atom. The van der Waals surface area contributed by atoms with Crippen molar-refractivity contribution in [2.75, 3.05) is 18.0 Å². The van der Waals surface area contributed by atoms with E-state index in [4.69, 9.17) is 4.98 Å². The molecular weight excluding hydrogens is 1370 g/mol. The Labute approximate surface area is 650 Å². The average Bonchev–Trinajstić information content (AvgIpc) is 1.55. The highest BCUT2D eigenvalue weighted by atomic mass is 32.1. The summed E-state index contributed by atoms with van der Waals surface area (Å²) in [5.74, 6) is -0.179. The van der Waals surface area contributed by atoms with Crippen molar-refractivity contribution in [3.63, 3.8) is 0 Å². The molecule has 0 saturated heterocycles. The molecule has 2 aliphatic rings. The summed E-state index contributed by atoms with van der Waals surface area (Å²) in [5.41, 5.74) is 20.7. The maximum absolute atomic E-state index is 16.0. The number of unbranched alkanes of at least 4 members (excludes halogenated alkanes) is 20. The van der Waals surface area contributed by atoms with Gasteiger partial charge in [0.2, 0.25) is 6.71 Å². The number of nitriles is 2. The molecule has 5 aromatic carbocycles. The number of amides is 2. The summed E-state index contributed by atoms with van der Waals surface area (Å²) in [7, 11) is 0. The van der Waals surface area contributed by atoms with E-state index in [0.717, 1.165) is 149 Å². The molecule has 11 rings (SSSR count). The zero-order valence-electron chi connectivity index (χ0n) is 64.8. The lowest BCUT2D eigenvalue weighted by Gasteiger charge is -2.26. The van der Waals surface area contributed by atoms with Gasteiger partial charge in [0.15, 0.2) is 0 Å². The Balaban J connectivity index is 0.987. The predicted octanol–water partition coefficient (Wildman–Crippen LogP) is 24.9. The number of carbonyl (C=O) groups excluding carboxylic acids is 2. The highest BCUT2D eigenvalue weighted by Gasteiger charge is 2.49. The van der Waals surface area contributed by atoms with Crippen LogP contribution in [0.3, 0.4) is 0 Å². The first kappa shape index (κ1) is 78.9. The van der Waals surface area contributed by atoms with Crippen LogP contribution in [0.15, 0.2) is 150 Å². The zero-order chi connectivity index (χ0) is 74.6. The van der Waals surface area contributed by atoms with Gasteiger partial charge in [0.25, 0.3) is 11.8 Å². The lowest BCUT2D eigenvalue weighted by molar-refractivity contribution is -0.124. The van der Waals surface area contributed by atoms with Crippen molar-refractivity contribution in [3.05, 3.63) is 209 Å². The predicted molar refractivity (Wildman–Crippen MR) is 457 cm³/mol. The molecular formula is C93H109BN6O2S4. The van der Waals surface area contributed by atoms with E-state index in [-0.39, 0.29) is 24.1 Å². The Morgan fingerprint density at radius 2 is 0.830 bits per heavy atom. The molecule has 9 aromatic rings. The molecule has 2 aliphatic heterocycles. The fraction of sp³-hybridized carbons (Fsp3) is 0.409. The van der Waals surface area contributed by atoms with Crippen LogP contribution in [0.1, 0.15) is 241 Å². The first-order chi connectivity index (χ1) is 51.7. The highest BCUT2D eigenvalue weighted by Crippen LogP contribution is 2.51. The second-order valence-corrected chi connectivity index (χ2v) is 34.1. The van der Waals surface area contributed by atoms with E-state index in [1.54, 1.807) is 46.3 Å². The summed E-state index contributed by atoms with van der Waals surface area (Å²) in [6.07, 6.45) is 34.0. The van der Waals surface area contributed by atoms with Gasteiger partial charge in [0.05, 0.1) is 37.2 Å². The number of hydrogen-bond donors (Lipinski definition) is 0. The lowest BCUT2D eigenvalue weighted by atomic mass is 9.34. The molecule has 106 heavy (non-hydrogen) atoms. The maximum atomic E-state index is 16.0. The van der Waals surface area contributed by atoms with Gasteiger partial charge in [-0.3, -0.25) is 9.59 Å². The number of fused-ring (bicyclic) bond motifs is 1. The van der Waals surface area contributed by atoms with Gasteiger partial charge in [-0.15, -0.1) is 45.3 Å². The molecule has 0 aliphatic carbocycles. The van der Waals surface area contributed by atoms with Crippen LogP contribution in [0.5, 0.6) is 0 Å². The van der Waals surface area contributed by atoms with Crippen molar-refractivity contribution >= 4 is 115 Å². The first-order valence-electron chi connectivity index (χ1n) is 39.9. The summed E-state index contributed by atoms with van der Waals surface area (Å²) in [6, 6.07) is 51.8. The molecule has 0 radical (unpaired) electrons. The molecule has 0 fully saturated rings. The van der Waals surface area contributed by atoms with Crippen molar-refractivity contribution < 1.29 is 9.59 Å². The van der Waals surface area contributed by atoms with Crippen LogP contribution < -0.4 is 21.3 Å². The van der Waals surface area contributed by atoms with Crippen LogP contribution in [0.25, 0.3) is 47.5 Å². The number of thiazole rings is 1. The molecule has 6 heterocycles. The number of nitrogens with zero attached hydrogens (tertiary/aromatic N) is 6. The number of anilines is 3.